The molecule has 1 aliphatic carbocycles. The molecule has 126 valence electrons. The molecule has 1 heterocycles. The molecule has 2 atom stereocenters. The van der Waals surface area contributed by atoms with Crippen LogP contribution in [0.25, 0.3) is 10.9 Å². The van der Waals surface area contributed by atoms with Crippen LogP contribution in [0.1, 0.15) is 29.9 Å². The molecule has 0 bridgehead atoms. The van der Waals surface area contributed by atoms with Crippen molar-refractivity contribution >= 4 is 16.7 Å². The van der Waals surface area contributed by atoms with Crippen molar-refractivity contribution in [2.24, 2.45) is 0 Å². The summed E-state index contributed by atoms with van der Waals surface area (Å²) in [6.07, 6.45) is 0.118. The van der Waals surface area contributed by atoms with Crippen LogP contribution >= 0.6 is 0 Å². The number of Topliss-reactive ketones (excluding diaryl/α,β-unsaturated/α-hetero) is 1. The van der Waals surface area contributed by atoms with E-state index >= 15 is 0 Å². The van der Waals surface area contributed by atoms with Gasteiger partial charge in [0, 0.05) is 24.3 Å². The van der Waals surface area contributed by atoms with Gasteiger partial charge in [-0.3, -0.25) is 19.7 Å². The summed E-state index contributed by atoms with van der Waals surface area (Å²) in [6, 6.07) is -0.0108. The topological polar surface area (TPSA) is 91.4 Å². The molecule has 0 saturated heterocycles. The first-order valence-electron chi connectivity index (χ1n) is 7.03. The summed E-state index contributed by atoms with van der Waals surface area (Å²) in [5.74, 6) is -3.67. The number of nitrogens with zero attached hydrogens (tertiary/aromatic N) is 2. The van der Waals surface area contributed by atoms with Crippen LogP contribution in [0.5, 0.6) is 5.75 Å². The number of benzene rings is 1. The minimum absolute atomic E-state index is 0.105. The Kier molecular flexibility index (Phi) is 3.58. The van der Waals surface area contributed by atoms with Crippen molar-refractivity contribution in [3.63, 3.8) is 0 Å². The van der Waals surface area contributed by atoms with E-state index in [-0.39, 0.29) is 23.0 Å². The predicted octanol–water partition coefficient (Wildman–Crippen LogP) is 2.08. The van der Waals surface area contributed by atoms with Crippen LogP contribution in [0, 0.1) is 21.7 Å². The van der Waals surface area contributed by atoms with E-state index in [9.17, 15) is 28.5 Å². The van der Waals surface area contributed by atoms with Crippen molar-refractivity contribution in [1.82, 2.24) is 4.57 Å². The second-order valence-corrected chi connectivity index (χ2v) is 5.58. The number of ether oxygens (including phenoxy) is 1. The number of carbonyl (C=O) groups is 1. The summed E-state index contributed by atoms with van der Waals surface area (Å²) in [7, 11) is 1.09. The largest absolute Gasteiger partial charge is 0.491 e. The zero-order chi connectivity index (χ0) is 17.8. The number of carbonyl (C=O) groups excluding carboxylic acids is 1. The van der Waals surface area contributed by atoms with Crippen molar-refractivity contribution in [2.45, 2.75) is 25.4 Å². The molecule has 0 N–H and O–H groups in total. The molecule has 2 aromatic rings. The molecule has 1 fully saturated rings. The number of ketones is 1. The lowest BCUT2D eigenvalue weighted by atomic mass is 10.1. The Labute approximate surface area is 133 Å². The molecule has 0 aliphatic heterocycles. The van der Waals surface area contributed by atoms with E-state index in [0.717, 1.165) is 13.2 Å². The van der Waals surface area contributed by atoms with Gasteiger partial charge in [0.25, 0.3) is 0 Å². The number of halogens is 2. The van der Waals surface area contributed by atoms with E-state index < -0.39 is 45.6 Å². The Morgan fingerprint density at radius 1 is 1.42 bits per heavy atom. The minimum Gasteiger partial charge on any atom is -0.491 e. The summed E-state index contributed by atoms with van der Waals surface area (Å²) < 4.78 is 33.9. The summed E-state index contributed by atoms with van der Waals surface area (Å²) in [5.41, 5.74) is -0.948. The zero-order valence-electron chi connectivity index (χ0n) is 12.7. The summed E-state index contributed by atoms with van der Waals surface area (Å²) in [6.45, 7) is 1.19. The Morgan fingerprint density at radius 2 is 2.08 bits per heavy atom. The highest BCUT2D eigenvalue weighted by Gasteiger charge is 2.51. The van der Waals surface area contributed by atoms with Gasteiger partial charge >= 0.3 is 0 Å². The Morgan fingerprint density at radius 3 is 2.58 bits per heavy atom. The van der Waals surface area contributed by atoms with Crippen LogP contribution in [-0.2, 0) is 0 Å². The van der Waals surface area contributed by atoms with Crippen LogP contribution in [0.2, 0.25) is 0 Å². The van der Waals surface area contributed by atoms with Gasteiger partial charge < -0.3 is 9.30 Å². The van der Waals surface area contributed by atoms with Crippen LogP contribution in [0.3, 0.4) is 0 Å². The van der Waals surface area contributed by atoms with Crippen molar-refractivity contribution < 1.29 is 23.2 Å². The maximum atomic E-state index is 14.1. The van der Waals surface area contributed by atoms with Crippen molar-refractivity contribution in [2.75, 3.05) is 7.11 Å². The number of fused-ring (bicyclic) bond motifs is 1. The standard InChI is InChI=1S/C15H12F2N2O5/c1-6(20)9-5-12(21)7-3-8(16)13(17)15(24-2)14(7)18(9)10-4-11(10)19(22)23/h3,5,10-11H,4H2,1-2H3. The third kappa shape index (κ3) is 2.24. The van der Waals surface area contributed by atoms with Crippen LogP contribution in [-0.4, -0.2) is 28.4 Å². The highest BCUT2D eigenvalue weighted by Crippen LogP contribution is 2.43. The smallest absolute Gasteiger partial charge is 0.236 e. The van der Waals surface area contributed by atoms with E-state index in [1.54, 1.807) is 0 Å². The number of pyridine rings is 1. The predicted molar refractivity (Wildman–Crippen MR) is 79.1 cm³/mol. The Hall–Kier alpha value is -2.84. The Balaban J connectivity index is 2.46. The SMILES string of the molecule is COc1c(F)c(F)cc2c(=O)cc(C(C)=O)n(C3CC3[N+](=O)[O-])c12. The van der Waals surface area contributed by atoms with Gasteiger partial charge in [0.1, 0.15) is 6.04 Å². The molecule has 2 unspecified atom stereocenters. The van der Waals surface area contributed by atoms with E-state index in [0.29, 0.717) is 6.07 Å². The third-order valence-electron chi connectivity index (χ3n) is 4.08. The van der Waals surface area contributed by atoms with Gasteiger partial charge in [0.05, 0.1) is 23.7 Å². The number of hydrogen-bond acceptors (Lipinski definition) is 5. The average Bonchev–Trinajstić information content (AvgIpc) is 3.29. The number of aromatic nitrogens is 1. The first kappa shape index (κ1) is 16.0. The van der Waals surface area contributed by atoms with Crippen molar-refractivity contribution in [1.29, 1.82) is 0 Å². The van der Waals surface area contributed by atoms with Crippen LogP contribution in [0.15, 0.2) is 16.9 Å². The molecule has 1 saturated carbocycles. The van der Waals surface area contributed by atoms with E-state index in [2.05, 4.69) is 0 Å². The molecule has 1 aliphatic rings. The van der Waals surface area contributed by atoms with Crippen LogP contribution < -0.4 is 10.2 Å². The van der Waals surface area contributed by atoms with Gasteiger partial charge in [-0.25, -0.2) is 4.39 Å². The van der Waals surface area contributed by atoms with Gasteiger partial charge in [-0.05, 0) is 6.07 Å². The second-order valence-electron chi connectivity index (χ2n) is 5.58. The number of hydrogen-bond donors (Lipinski definition) is 0. The van der Waals surface area contributed by atoms with Crippen LogP contribution in [0.4, 0.5) is 8.78 Å². The van der Waals surface area contributed by atoms with Gasteiger partial charge in [-0.2, -0.15) is 4.39 Å². The maximum Gasteiger partial charge on any atom is 0.236 e. The molecule has 24 heavy (non-hydrogen) atoms. The number of nitro groups is 1. The average molecular weight is 338 g/mol. The van der Waals surface area contributed by atoms with Gasteiger partial charge in [0.2, 0.25) is 11.9 Å². The highest BCUT2D eigenvalue weighted by atomic mass is 19.2. The number of methoxy groups -OCH3 is 1. The minimum atomic E-state index is -1.32. The lowest BCUT2D eigenvalue weighted by Crippen LogP contribution is -2.20. The summed E-state index contributed by atoms with van der Waals surface area (Å²) in [4.78, 5) is 34.6. The first-order valence-corrected chi connectivity index (χ1v) is 7.03. The van der Waals surface area contributed by atoms with Gasteiger partial charge in [-0.15, -0.1) is 0 Å². The molecule has 0 spiro atoms. The fraction of sp³-hybridized carbons (Fsp3) is 0.333. The highest BCUT2D eigenvalue weighted by molar-refractivity contribution is 5.97. The lowest BCUT2D eigenvalue weighted by molar-refractivity contribution is -0.497. The fourth-order valence-corrected chi connectivity index (χ4v) is 2.89. The van der Waals surface area contributed by atoms with E-state index in [1.165, 1.54) is 11.5 Å². The Bertz CT molecular complexity index is 953. The molecule has 3 rings (SSSR count). The fourth-order valence-electron chi connectivity index (χ4n) is 2.89. The lowest BCUT2D eigenvalue weighted by Gasteiger charge is -2.17. The molecule has 0 amide bonds. The van der Waals surface area contributed by atoms with Gasteiger partial charge in [0.15, 0.2) is 22.8 Å². The number of rotatable bonds is 4. The van der Waals surface area contributed by atoms with E-state index in [4.69, 9.17) is 4.74 Å². The molecule has 1 aromatic heterocycles. The van der Waals surface area contributed by atoms with Crippen molar-refractivity contribution in [3.8, 4) is 5.75 Å². The zero-order valence-corrected chi connectivity index (χ0v) is 12.7. The monoisotopic (exact) mass is 338 g/mol. The second kappa shape index (κ2) is 5.36. The summed E-state index contributed by atoms with van der Waals surface area (Å²) >= 11 is 0. The van der Waals surface area contributed by atoms with E-state index in [1.807, 2.05) is 0 Å². The first-order chi connectivity index (χ1) is 11.3. The normalized spacial score (nSPS) is 19.3. The molecule has 9 heteroatoms. The maximum absolute atomic E-state index is 14.1. The third-order valence-corrected chi connectivity index (χ3v) is 4.08. The molecular weight excluding hydrogens is 326 g/mol. The quantitative estimate of drug-likeness (QED) is 0.483. The van der Waals surface area contributed by atoms with Crippen molar-refractivity contribution in [3.05, 3.63) is 49.8 Å². The summed E-state index contributed by atoms with van der Waals surface area (Å²) in [5, 5.41) is 10.8. The molecule has 7 nitrogen and oxygen atoms in total. The molecular formula is C15H12F2N2O5. The molecule has 0 radical (unpaired) electrons. The van der Waals surface area contributed by atoms with Gasteiger partial charge in [-0.1, -0.05) is 0 Å². The molecule has 1 aromatic carbocycles.